The first-order chi connectivity index (χ1) is 12.6. The first kappa shape index (κ1) is 17.9. The highest BCUT2D eigenvalue weighted by Gasteiger charge is 2.17. The number of hydrogen-bond donors (Lipinski definition) is 0. The quantitative estimate of drug-likeness (QED) is 0.599. The van der Waals surface area contributed by atoms with Crippen LogP contribution in [0.3, 0.4) is 0 Å². The molecule has 5 nitrogen and oxygen atoms in total. The van der Waals surface area contributed by atoms with E-state index in [4.69, 9.17) is 13.6 Å². The summed E-state index contributed by atoms with van der Waals surface area (Å²) in [4.78, 5) is 14.4. The van der Waals surface area contributed by atoms with Crippen molar-refractivity contribution in [2.45, 2.75) is 33.4 Å². The second kappa shape index (κ2) is 8.43. The maximum atomic E-state index is 12.7. The van der Waals surface area contributed by atoms with Gasteiger partial charge in [-0.25, -0.2) is 0 Å². The van der Waals surface area contributed by atoms with Gasteiger partial charge in [-0.1, -0.05) is 17.7 Å². The van der Waals surface area contributed by atoms with E-state index in [0.29, 0.717) is 19.7 Å². The van der Waals surface area contributed by atoms with Gasteiger partial charge >= 0.3 is 0 Å². The highest BCUT2D eigenvalue weighted by Crippen LogP contribution is 2.19. The Labute approximate surface area is 153 Å². The molecular weight excluding hydrogens is 330 g/mol. The van der Waals surface area contributed by atoms with Crippen LogP contribution < -0.4 is 4.74 Å². The number of carbonyl (C=O) groups is 1. The fourth-order valence-electron chi connectivity index (χ4n) is 2.78. The Morgan fingerprint density at radius 3 is 2.19 bits per heavy atom. The molecule has 3 rings (SSSR count). The molecular formula is C21H23NO4. The molecule has 2 heterocycles. The maximum absolute atomic E-state index is 12.7. The van der Waals surface area contributed by atoms with Crippen LogP contribution in [0.1, 0.15) is 29.1 Å². The van der Waals surface area contributed by atoms with Gasteiger partial charge in [0, 0.05) is 0 Å². The van der Waals surface area contributed by atoms with Crippen LogP contribution in [0, 0.1) is 13.8 Å². The summed E-state index contributed by atoms with van der Waals surface area (Å²) in [6.45, 7) is 5.17. The number of aryl methyl sites for hydroxylation is 2. The highest BCUT2D eigenvalue weighted by atomic mass is 16.5. The topological polar surface area (TPSA) is 55.8 Å². The molecule has 0 aliphatic rings. The van der Waals surface area contributed by atoms with E-state index in [-0.39, 0.29) is 12.3 Å². The molecule has 1 aromatic carbocycles. The molecule has 0 N–H and O–H groups in total. The molecule has 0 spiro atoms. The Bertz CT molecular complexity index is 786. The van der Waals surface area contributed by atoms with E-state index in [2.05, 4.69) is 6.07 Å². The molecule has 0 saturated heterocycles. The molecule has 5 heteroatoms. The standard InChI is InChI=1S/C21H23NO4/c1-16-7-8-20(17(2)13-16)26-12-9-21(23)22(14-18-5-3-10-24-18)15-19-6-4-11-25-19/h3-8,10-11,13H,9,12,14-15H2,1-2H3. The minimum atomic E-state index is -0.0115. The van der Waals surface area contributed by atoms with E-state index >= 15 is 0 Å². The van der Waals surface area contributed by atoms with Gasteiger partial charge < -0.3 is 18.5 Å². The Hall–Kier alpha value is -2.95. The van der Waals surface area contributed by atoms with Crippen molar-refractivity contribution in [1.29, 1.82) is 0 Å². The smallest absolute Gasteiger partial charge is 0.226 e. The number of furan rings is 2. The van der Waals surface area contributed by atoms with Crippen LogP contribution >= 0.6 is 0 Å². The van der Waals surface area contributed by atoms with Gasteiger partial charge in [-0.2, -0.15) is 0 Å². The lowest BCUT2D eigenvalue weighted by Crippen LogP contribution is -2.30. The second-order valence-electron chi connectivity index (χ2n) is 6.28. The molecule has 0 aliphatic heterocycles. The molecule has 0 unspecified atom stereocenters. The summed E-state index contributed by atoms with van der Waals surface area (Å²) in [5.41, 5.74) is 2.26. The van der Waals surface area contributed by atoms with Crippen LogP contribution in [0.15, 0.2) is 63.8 Å². The van der Waals surface area contributed by atoms with Crippen LogP contribution in [0.4, 0.5) is 0 Å². The highest BCUT2D eigenvalue weighted by molar-refractivity contribution is 5.76. The number of carbonyl (C=O) groups excluding carboxylic acids is 1. The lowest BCUT2D eigenvalue weighted by atomic mass is 10.1. The van der Waals surface area contributed by atoms with E-state index in [1.54, 1.807) is 17.4 Å². The number of nitrogens with zero attached hydrogens (tertiary/aromatic N) is 1. The minimum Gasteiger partial charge on any atom is -0.493 e. The van der Waals surface area contributed by atoms with Crippen molar-refractivity contribution in [2.75, 3.05) is 6.61 Å². The van der Waals surface area contributed by atoms with Crippen molar-refractivity contribution >= 4 is 5.91 Å². The predicted octanol–water partition coefficient (Wildman–Crippen LogP) is 4.49. The summed E-state index contributed by atoms with van der Waals surface area (Å²) in [5.74, 6) is 2.27. The monoisotopic (exact) mass is 353 g/mol. The van der Waals surface area contributed by atoms with Crippen molar-refractivity contribution in [3.05, 3.63) is 77.6 Å². The van der Waals surface area contributed by atoms with Crippen molar-refractivity contribution in [2.24, 2.45) is 0 Å². The molecule has 26 heavy (non-hydrogen) atoms. The minimum absolute atomic E-state index is 0.0115. The van der Waals surface area contributed by atoms with Crippen molar-refractivity contribution in [1.82, 2.24) is 4.90 Å². The zero-order valence-electron chi connectivity index (χ0n) is 15.1. The third-order valence-corrected chi connectivity index (χ3v) is 4.11. The summed E-state index contributed by atoms with van der Waals surface area (Å²) in [6.07, 6.45) is 3.50. The van der Waals surface area contributed by atoms with Gasteiger partial charge in [0.05, 0.1) is 38.6 Å². The van der Waals surface area contributed by atoms with Gasteiger partial charge in [0.2, 0.25) is 5.91 Å². The lowest BCUT2D eigenvalue weighted by Gasteiger charge is -2.21. The van der Waals surface area contributed by atoms with Gasteiger partial charge in [0.1, 0.15) is 17.3 Å². The van der Waals surface area contributed by atoms with Crippen molar-refractivity contribution in [3.63, 3.8) is 0 Å². The van der Waals surface area contributed by atoms with E-state index in [1.165, 1.54) is 5.56 Å². The largest absolute Gasteiger partial charge is 0.493 e. The van der Waals surface area contributed by atoms with Crippen LogP contribution in [0.25, 0.3) is 0 Å². The first-order valence-corrected chi connectivity index (χ1v) is 8.64. The molecule has 0 radical (unpaired) electrons. The fraction of sp³-hybridized carbons (Fsp3) is 0.286. The SMILES string of the molecule is Cc1ccc(OCCC(=O)N(Cc2ccco2)Cc2ccco2)c(C)c1. The van der Waals surface area contributed by atoms with Crippen LogP contribution in [-0.4, -0.2) is 17.4 Å². The molecule has 3 aromatic rings. The van der Waals surface area contributed by atoms with Gasteiger partial charge in [0.25, 0.3) is 0 Å². The normalized spacial score (nSPS) is 10.7. The van der Waals surface area contributed by atoms with E-state index < -0.39 is 0 Å². The molecule has 2 aromatic heterocycles. The molecule has 136 valence electrons. The molecule has 0 bridgehead atoms. The third-order valence-electron chi connectivity index (χ3n) is 4.11. The van der Waals surface area contributed by atoms with Crippen LogP contribution in [-0.2, 0) is 17.9 Å². The Kier molecular flexibility index (Phi) is 5.79. The van der Waals surface area contributed by atoms with E-state index in [0.717, 1.165) is 22.8 Å². The fourth-order valence-corrected chi connectivity index (χ4v) is 2.78. The number of amides is 1. The summed E-state index contributed by atoms with van der Waals surface area (Å²) in [5, 5.41) is 0. The Morgan fingerprint density at radius 1 is 1.00 bits per heavy atom. The maximum Gasteiger partial charge on any atom is 0.226 e. The van der Waals surface area contributed by atoms with E-state index in [9.17, 15) is 4.79 Å². The predicted molar refractivity (Wildman–Crippen MR) is 97.7 cm³/mol. The first-order valence-electron chi connectivity index (χ1n) is 8.64. The Balaban J connectivity index is 1.59. The summed E-state index contributed by atoms with van der Waals surface area (Å²) >= 11 is 0. The van der Waals surface area contributed by atoms with E-state index in [1.807, 2.05) is 50.2 Å². The summed E-state index contributed by atoms with van der Waals surface area (Å²) in [6, 6.07) is 13.4. The average molecular weight is 353 g/mol. The molecule has 1 amide bonds. The molecule has 0 atom stereocenters. The van der Waals surface area contributed by atoms with Gasteiger partial charge in [-0.3, -0.25) is 4.79 Å². The van der Waals surface area contributed by atoms with Crippen LogP contribution in [0.5, 0.6) is 5.75 Å². The van der Waals surface area contributed by atoms with Gasteiger partial charge in [-0.15, -0.1) is 0 Å². The summed E-state index contributed by atoms with van der Waals surface area (Å²) < 4.78 is 16.5. The third kappa shape index (κ3) is 4.79. The zero-order valence-corrected chi connectivity index (χ0v) is 15.1. The number of ether oxygens (including phenoxy) is 1. The molecule has 0 aliphatic carbocycles. The zero-order chi connectivity index (χ0) is 18.4. The van der Waals surface area contributed by atoms with Gasteiger partial charge in [-0.05, 0) is 49.7 Å². The molecule has 0 fully saturated rings. The second-order valence-corrected chi connectivity index (χ2v) is 6.28. The van der Waals surface area contributed by atoms with Crippen molar-refractivity contribution < 1.29 is 18.4 Å². The number of hydrogen-bond acceptors (Lipinski definition) is 4. The molecule has 0 saturated carbocycles. The number of benzene rings is 1. The van der Waals surface area contributed by atoms with Gasteiger partial charge in [0.15, 0.2) is 0 Å². The number of rotatable bonds is 8. The van der Waals surface area contributed by atoms with Crippen molar-refractivity contribution in [3.8, 4) is 5.75 Å². The van der Waals surface area contributed by atoms with Crippen LogP contribution in [0.2, 0.25) is 0 Å². The Morgan fingerprint density at radius 2 is 1.65 bits per heavy atom. The summed E-state index contributed by atoms with van der Waals surface area (Å²) in [7, 11) is 0. The lowest BCUT2D eigenvalue weighted by molar-refractivity contribution is -0.133. The average Bonchev–Trinajstić information content (AvgIpc) is 3.30.